The van der Waals surface area contributed by atoms with Crippen molar-refractivity contribution in [3.05, 3.63) is 418 Å². The monoisotopic (exact) mass is 1930 g/mol. The van der Waals surface area contributed by atoms with Gasteiger partial charge < -0.3 is 78.4 Å². The van der Waals surface area contributed by atoms with Crippen molar-refractivity contribution in [2.75, 3.05) is 33.9 Å². The summed E-state index contributed by atoms with van der Waals surface area (Å²) >= 11 is 6.41. The van der Waals surface area contributed by atoms with Gasteiger partial charge in [-0.1, -0.05) is 41.9 Å². The maximum atomic E-state index is 13.1. The molecule has 2 aliphatic rings. The van der Waals surface area contributed by atoms with Gasteiger partial charge >= 0.3 is 17.9 Å². The molecular weight excluding hydrogens is 1850 g/mol. The van der Waals surface area contributed by atoms with Gasteiger partial charge in [0.2, 0.25) is 5.78 Å². The second kappa shape index (κ2) is 53.5. The van der Waals surface area contributed by atoms with E-state index < -0.39 is 65.5 Å². The van der Waals surface area contributed by atoms with E-state index in [9.17, 15) is 84.4 Å². The van der Waals surface area contributed by atoms with Crippen molar-refractivity contribution in [1.29, 1.82) is 5.26 Å². The fraction of sp³-hybridized carbons (Fsp3) is 0.131. The molecule has 1 saturated heterocycles. The first-order chi connectivity index (χ1) is 67.4. The molecule has 14 aromatic carbocycles. The summed E-state index contributed by atoms with van der Waals surface area (Å²) in [7, 11) is 2.35. The van der Waals surface area contributed by atoms with Crippen LogP contribution in [0.5, 0.6) is 80.5 Å². The molecule has 14 aromatic rings. The molecule has 4 atom stereocenters. The van der Waals surface area contributed by atoms with Crippen LogP contribution in [0.1, 0.15) is 102 Å². The number of Topliss-reactive ketones (excluding diaryl/α,β-unsaturated/α-hetero) is 3. The molecule has 1 aliphatic carbocycles. The van der Waals surface area contributed by atoms with Crippen LogP contribution < -0.4 is 38.5 Å². The van der Waals surface area contributed by atoms with Crippen LogP contribution in [0.15, 0.2) is 334 Å². The van der Waals surface area contributed by atoms with Gasteiger partial charge in [-0.05, 0) is 359 Å². The molecule has 25 nitrogen and oxygen atoms in total. The summed E-state index contributed by atoms with van der Waals surface area (Å²) < 4.78 is 136. The number of nitrogens with zero attached hydrogens (tertiary/aromatic N) is 2. The predicted octanol–water partition coefficient (Wildman–Crippen LogP) is 22.1. The Hall–Kier alpha value is -16.8. The zero-order valence-corrected chi connectivity index (χ0v) is 75.0. The highest BCUT2D eigenvalue weighted by atomic mass is 35.5. The molecule has 1 saturated carbocycles. The van der Waals surface area contributed by atoms with Crippen molar-refractivity contribution in [2.24, 2.45) is 0 Å². The number of rotatable bonds is 29. The first-order valence-electron chi connectivity index (χ1n) is 42.4. The van der Waals surface area contributed by atoms with Crippen molar-refractivity contribution < 1.29 is 137 Å². The Bertz CT molecular complexity index is 6420. The first kappa shape index (κ1) is 105. The average Bonchev–Trinajstić information content (AvgIpc) is 1.52. The Balaban J connectivity index is 0.000000175. The normalized spacial score (nSPS) is 12.3. The van der Waals surface area contributed by atoms with Gasteiger partial charge in [0.05, 0.1) is 37.5 Å². The molecule has 718 valence electrons. The van der Waals surface area contributed by atoms with Crippen LogP contribution in [0.2, 0.25) is 5.02 Å². The highest BCUT2D eigenvalue weighted by Crippen LogP contribution is 2.36. The predicted molar refractivity (Wildman–Crippen MR) is 499 cm³/mol. The van der Waals surface area contributed by atoms with Crippen LogP contribution in [0.3, 0.4) is 0 Å². The number of methoxy groups -OCH3 is 2. The minimum absolute atomic E-state index is 0.0685. The van der Waals surface area contributed by atoms with E-state index in [-0.39, 0.29) is 69.3 Å². The number of nitrogens with one attached hydrogen (secondary N) is 1. The SMILES string of the molecule is COC(=O)C(=O)c1ccc(Oc2ccc(F)cc2)cc1.COC(=O)C(O)c1ccc(Oc2ccc(F)cc2)cc1.N#CC(O)c1ccc(Oc2ccc(F)cc2)cc1.O=C(N[C@H](CN1CCCC1)[C@H](O)c1ccc(OC2CC2)c(Cl)c1)C(=O)c1ccc(Oc2ccc(F)cc2)cc1.O=C(O)C(=O)c1ccc(Oc2ccc(F)cc2)cc1.O=Cc1ccc(Oc2ccc(F)cc2)cc1.Oc1ccc(F)cc1. The molecule has 16 rings (SSSR count). The third-order valence-electron chi connectivity index (χ3n) is 19.7. The summed E-state index contributed by atoms with van der Waals surface area (Å²) in [4.78, 5) is 94.0. The van der Waals surface area contributed by atoms with E-state index >= 15 is 0 Å². The fourth-order valence-electron chi connectivity index (χ4n) is 12.2. The number of aliphatic carboxylic acids is 1. The van der Waals surface area contributed by atoms with Gasteiger partial charge in [0, 0.05) is 28.8 Å². The van der Waals surface area contributed by atoms with Crippen LogP contribution in [-0.2, 0) is 28.7 Å². The van der Waals surface area contributed by atoms with Crippen molar-refractivity contribution >= 4 is 59.1 Å². The molecule has 1 aliphatic heterocycles. The molecule has 6 N–H and O–H groups in total. The van der Waals surface area contributed by atoms with Crippen molar-refractivity contribution in [1.82, 2.24) is 10.2 Å². The fourth-order valence-corrected chi connectivity index (χ4v) is 12.5. The second-order valence-electron chi connectivity index (χ2n) is 30.0. The van der Waals surface area contributed by atoms with E-state index in [0.29, 0.717) is 109 Å². The topological polar surface area (TPSA) is 360 Å². The number of esters is 2. The average molecular weight is 1940 g/mol. The van der Waals surface area contributed by atoms with E-state index in [0.717, 1.165) is 52.2 Å². The smallest absolute Gasteiger partial charge is 0.379 e. The number of aliphatic hydroxyl groups is 3. The van der Waals surface area contributed by atoms with E-state index in [1.54, 1.807) is 133 Å². The quantitative estimate of drug-likeness (QED) is 0.00633. The zero-order chi connectivity index (χ0) is 101. The van der Waals surface area contributed by atoms with Crippen LogP contribution in [0, 0.1) is 52.1 Å². The Morgan fingerprint density at radius 3 is 1.01 bits per heavy atom. The van der Waals surface area contributed by atoms with Crippen molar-refractivity contribution in [2.45, 2.75) is 56.1 Å². The number of hydrogen-bond donors (Lipinski definition) is 6. The van der Waals surface area contributed by atoms with E-state index in [1.807, 2.05) is 0 Å². The number of likely N-dealkylation sites (tertiary alicyclic amines) is 1. The number of ketones is 3. The lowest BCUT2D eigenvalue weighted by molar-refractivity contribution is -0.150. The Labute approximate surface area is 802 Å². The minimum atomic E-state index is -1.51. The summed E-state index contributed by atoms with van der Waals surface area (Å²) in [5.74, 6) is -2.19. The molecule has 1 heterocycles. The Morgan fingerprint density at radius 2 is 0.714 bits per heavy atom. The summed E-state index contributed by atoms with van der Waals surface area (Å²) in [6, 6.07) is 81.9. The van der Waals surface area contributed by atoms with E-state index in [1.165, 1.54) is 213 Å². The van der Waals surface area contributed by atoms with Crippen molar-refractivity contribution in [3.63, 3.8) is 0 Å². The highest BCUT2D eigenvalue weighted by Gasteiger charge is 2.31. The highest BCUT2D eigenvalue weighted by molar-refractivity contribution is 6.43. The zero-order valence-electron chi connectivity index (χ0n) is 74.3. The number of aliphatic hydroxyl groups excluding tert-OH is 3. The number of carboxylic acid groups (broad SMARTS) is 1. The first-order valence-corrected chi connectivity index (χ1v) is 42.8. The lowest BCUT2D eigenvalue weighted by atomic mass is 10.0. The van der Waals surface area contributed by atoms with Crippen LogP contribution in [0.4, 0.5) is 30.7 Å². The van der Waals surface area contributed by atoms with Gasteiger partial charge in [0.25, 0.3) is 17.5 Å². The third-order valence-corrected chi connectivity index (χ3v) is 20.0. The number of aromatic hydroxyl groups is 1. The van der Waals surface area contributed by atoms with Gasteiger partial charge in [-0.2, -0.15) is 5.26 Å². The summed E-state index contributed by atoms with van der Waals surface area (Å²) in [6.45, 7) is 2.11. The number of halogens is 8. The number of hydrogen-bond acceptors (Lipinski definition) is 23. The van der Waals surface area contributed by atoms with Crippen LogP contribution in [0.25, 0.3) is 0 Å². The third kappa shape index (κ3) is 34.8. The van der Waals surface area contributed by atoms with Gasteiger partial charge in [-0.3, -0.25) is 24.0 Å². The standard InChI is InChI=1S/C30H30ClFN2O5.C15H13FO4.C15H11FO4.C14H10FNO2.C14H9FO4.C13H9FO2.C6H5FO/c31-25-17-20(5-14-27(25)39-24-12-13-24)28(35)26(18-34-15-1-2-16-34)33-30(37)29(36)19-3-8-22(9-4-19)38-23-10-6-21(32)7-11-23;2*1-19-15(18)14(17)10-2-6-12(7-3-10)20-13-8-4-11(16)5-9-13;15-11-3-7-13(8-4-11)18-12-5-1-10(2-6-12)14(17)9-16;15-10-3-7-12(8-4-10)19-11-5-1-9(2-6-11)13(16)14(17)18;14-11-3-7-13(8-4-11)16-12-5-1-10(9-15)2-6-12;7-5-1-3-6(8)4-2-5/h3-11,14,17,24,26,28,35H,1-2,12-13,15-16,18H2,(H,33,37);2-9,14,17H,1H3;2-9H,1H3;1-8,14,17H;1-8H,(H,17,18);1-9H;1-4,8H/t26-,28-;;;;;;/m1....../s1. The van der Waals surface area contributed by atoms with Crippen molar-refractivity contribution in [3.8, 4) is 86.6 Å². The number of carbonyl (C=O) groups excluding carboxylic acids is 7. The van der Waals surface area contributed by atoms with Crippen LogP contribution >= 0.6 is 11.6 Å². The Morgan fingerprint density at radius 1 is 0.414 bits per heavy atom. The lowest BCUT2D eigenvalue weighted by Crippen LogP contribution is -2.48. The van der Waals surface area contributed by atoms with Gasteiger partial charge in [0.1, 0.15) is 134 Å². The molecule has 1 amide bonds. The number of phenols is 1. The lowest BCUT2D eigenvalue weighted by Gasteiger charge is -2.28. The second-order valence-corrected chi connectivity index (χ2v) is 30.4. The van der Waals surface area contributed by atoms with E-state index in [4.69, 9.17) is 60.2 Å². The summed E-state index contributed by atoms with van der Waals surface area (Å²) in [6.07, 6.45) is 1.51. The van der Waals surface area contributed by atoms with Gasteiger partial charge in [-0.15, -0.1) is 0 Å². The summed E-state index contributed by atoms with van der Waals surface area (Å²) in [5.41, 5.74) is 2.49. The number of carboxylic acids is 1. The molecule has 33 heteroatoms. The summed E-state index contributed by atoms with van der Waals surface area (Å²) in [5, 5.41) is 59.0. The number of amides is 1. The number of nitriles is 1. The molecule has 0 aromatic heterocycles. The van der Waals surface area contributed by atoms with E-state index in [2.05, 4.69) is 19.7 Å². The maximum absolute atomic E-state index is 13.1. The Kier molecular flexibility index (Phi) is 40.2. The van der Waals surface area contributed by atoms with Crippen LogP contribution in [-0.4, -0.2) is 124 Å². The number of carbonyl (C=O) groups is 8. The molecule has 140 heavy (non-hydrogen) atoms. The molecule has 0 radical (unpaired) electrons. The van der Waals surface area contributed by atoms with Gasteiger partial charge in [-0.25, -0.2) is 45.1 Å². The number of benzene rings is 14. The minimum Gasteiger partial charge on any atom is -0.508 e. The molecule has 0 bridgehead atoms. The number of ether oxygens (including phenoxy) is 9. The molecule has 2 fully saturated rings. The molecule has 0 spiro atoms. The van der Waals surface area contributed by atoms with Gasteiger partial charge in [0.15, 0.2) is 12.2 Å². The largest absolute Gasteiger partial charge is 0.508 e. The molecule has 2 unspecified atom stereocenters. The number of phenolic OH excluding ortho intramolecular Hbond substituents is 1. The maximum Gasteiger partial charge on any atom is 0.379 e. The molecular formula is C107H87ClF7N3O22. The number of aldehydes is 1.